The van der Waals surface area contributed by atoms with E-state index in [4.69, 9.17) is 0 Å². The van der Waals surface area contributed by atoms with E-state index in [1.54, 1.807) is 0 Å². The fourth-order valence-corrected chi connectivity index (χ4v) is 2.90. The summed E-state index contributed by atoms with van der Waals surface area (Å²) in [5.41, 5.74) is 1.98. The molecule has 0 N–H and O–H groups in total. The molecular weight excluding hydrogens is 278 g/mol. The van der Waals surface area contributed by atoms with E-state index in [1.165, 1.54) is 18.5 Å². The van der Waals surface area contributed by atoms with Gasteiger partial charge >= 0.3 is 0 Å². The number of hydrogen-bond acceptors (Lipinski definition) is 2. The predicted octanol–water partition coefficient (Wildman–Crippen LogP) is 4.03. The Morgan fingerprint density at radius 2 is 2.24 bits per heavy atom. The van der Waals surface area contributed by atoms with E-state index < -0.39 is 0 Å². The quantitative estimate of drug-likeness (QED) is 0.785. The van der Waals surface area contributed by atoms with Crippen molar-refractivity contribution in [3.8, 4) is 0 Å². The second kappa shape index (κ2) is 5.21. The van der Waals surface area contributed by atoms with Crippen LogP contribution in [-0.4, -0.2) is 18.4 Å². The summed E-state index contributed by atoms with van der Waals surface area (Å²) < 4.78 is 0.992. The maximum atomic E-state index is 11.8. The van der Waals surface area contributed by atoms with E-state index in [0.29, 0.717) is 12.5 Å². The zero-order valence-electron chi connectivity index (χ0n) is 10.4. The van der Waals surface area contributed by atoms with E-state index >= 15 is 0 Å². The maximum Gasteiger partial charge on any atom is 0.162 e. The van der Waals surface area contributed by atoms with Crippen molar-refractivity contribution in [1.82, 2.24) is 0 Å². The third kappa shape index (κ3) is 2.71. The third-order valence-electron chi connectivity index (χ3n) is 3.41. The fourth-order valence-electron chi connectivity index (χ4n) is 2.42. The number of halogens is 1. The van der Waals surface area contributed by atoms with Gasteiger partial charge in [-0.2, -0.15) is 0 Å². The monoisotopic (exact) mass is 295 g/mol. The maximum absolute atomic E-state index is 11.8. The van der Waals surface area contributed by atoms with Gasteiger partial charge in [-0.1, -0.05) is 22.9 Å². The van der Waals surface area contributed by atoms with Crippen molar-refractivity contribution in [3.63, 3.8) is 0 Å². The van der Waals surface area contributed by atoms with Crippen molar-refractivity contribution < 1.29 is 4.79 Å². The highest BCUT2D eigenvalue weighted by Crippen LogP contribution is 2.29. The highest BCUT2D eigenvalue weighted by molar-refractivity contribution is 9.10. The van der Waals surface area contributed by atoms with Crippen LogP contribution in [-0.2, 0) is 0 Å². The number of benzene rings is 1. The zero-order valence-corrected chi connectivity index (χ0v) is 12.0. The molecule has 0 aliphatic carbocycles. The summed E-state index contributed by atoms with van der Waals surface area (Å²) in [4.78, 5) is 14.2. The Kier molecular flexibility index (Phi) is 3.87. The SMILES string of the molecule is CCC(=O)c1cc(Br)cc(N2CCC[C@H]2C)c1. The van der Waals surface area contributed by atoms with Crippen LogP contribution in [0.1, 0.15) is 43.5 Å². The summed E-state index contributed by atoms with van der Waals surface area (Å²) in [6.45, 7) is 5.24. The molecule has 1 saturated heterocycles. The molecular formula is C14H18BrNO. The topological polar surface area (TPSA) is 20.3 Å². The van der Waals surface area contributed by atoms with Gasteiger partial charge in [0.15, 0.2) is 5.78 Å². The Bertz CT molecular complexity index is 430. The van der Waals surface area contributed by atoms with Crippen LogP contribution in [0.25, 0.3) is 0 Å². The number of anilines is 1. The van der Waals surface area contributed by atoms with Gasteiger partial charge in [0.2, 0.25) is 0 Å². The molecule has 1 aromatic rings. The minimum atomic E-state index is 0.208. The highest BCUT2D eigenvalue weighted by atomic mass is 79.9. The highest BCUT2D eigenvalue weighted by Gasteiger charge is 2.21. The van der Waals surface area contributed by atoms with Gasteiger partial charge in [0.05, 0.1) is 0 Å². The van der Waals surface area contributed by atoms with E-state index in [0.717, 1.165) is 16.6 Å². The average Bonchev–Trinajstić information content (AvgIpc) is 2.73. The van der Waals surface area contributed by atoms with Crippen LogP contribution < -0.4 is 4.90 Å². The summed E-state index contributed by atoms with van der Waals surface area (Å²) in [5.74, 6) is 0.208. The lowest BCUT2D eigenvalue weighted by Gasteiger charge is -2.24. The Labute approximate surface area is 111 Å². The van der Waals surface area contributed by atoms with Gasteiger partial charge in [0, 0.05) is 34.7 Å². The molecule has 1 aliphatic heterocycles. The lowest BCUT2D eigenvalue weighted by molar-refractivity contribution is 0.0988. The molecule has 0 amide bonds. The molecule has 0 spiro atoms. The van der Waals surface area contributed by atoms with Gasteiger partial charge in [0.1, 0.15) is 0 Å². The zero-order chi connectivity index (χ0) is 12.4. The summed E-state index contributed by atoms with van der Waals surface area (Å²) >= 11 is 3.50. The number of carbonyl (C=O) groups excluding carboxylic acids is 1. The van der Waals surface area contributed by atoms with Gasteiger partial charge in [-0.3, -0.25) is 4.79 Å². The Hall–Kier alpha value is -0.830. The number of hydrogen-bond donors (Lipinski definition) is 0. The number of Topliss-reactive ketones (excluding diaryl/α,β-unsaturated/α-hetero) is 1. The predicted molar refractivity (Wildman–Crippen MR) is 74.8 cm³/mol. The minimum Gasteiger partial charge on any atom is -0.369 e. The van der Waals surface area contributed by atoms with Crippen LogP contribution >= 0.6 is 15.9 Å². The molecule has 1 atom stereocenters. The van der Waals surface area contributed by atoms with E-state index in [-0.39, 0.29) is 5.78 Å². The van der Waals surface area contributed by atoms with Crippen LogP contribution in [0.2, 0.25) is 0 Å². The molecule has 1 heterocycles. The van der Waals surface area contributed by atoms with Gasteiger partial charge in [0.25, 0.3) is 0 Å². The van der Waals surface area contributed by atoms with Crippen molar-refractivity contribution >= 4 is 27.4 Å². The van der Waals surface area contributed by atoms with Gasteiger partial charge in [-0.15, -0.1) is 0 Å². The third-order valence-corrected chi connectivity index (χ3v) is 3.87. The summed E-state index contributed by atoms with van der Waals surface area (Å²) in [5, 5.41) is 0. The molecule has 3 heteroatoms. The van der Waals surface area contributed by atoms with Crippen molar-refractivity contribution in [2.75, 3.05) is 11.4 Å². The average molecular weight is 296 g/mol. The fraction of sp³-hybridized carbons (Fsp3) is 0.500. The molecule has 92 valence electrons. The van der Waals surface area contributed by atoms with E-state index in [1.807, 2.05) is 19.1 Å². The van der Waals surface area contributed by atoms with Crippen LogP contribution in [0.15, 0.2) is 22.7 Å². The van der Waals surface area contributed by atoms with Crippen molar-refractivity contribution in [3.05, 3.63) is 28.2 Å². The second-order valence-corrected chi connectivity index (χ2v) is 5.58. The van der Waals surface area contributed by atoms with E-state index in [2.05, 4.69) is 33.8 Å². The van der Waals surface area contributed by atoms with Gasteiger partial charge in [-0.25, -0.2) is 0 Å². The second-order valence-electron chi connectivity index (χ2n) is 4.66. The van der Waals surface area contributed by atoms with Crippen molar-refractivity contribution in [2.45, 2.75) is 39.2 Å². The Morgan fingerprint density at radius 3 is 2.82 bits per heavy atom. The van der Waals surface area contributed by atoms with Gasteiger partial charge in [-0.05, 0) is 38.0 Å². The van der Waals surface area contributed by atoms with E-state index in [9.17, 15) is 4.79 Å². The first-order valence-electron chi connectivity index (χ1n) is 6.22. The molecule has 1 aromatic carbocycles. The largest absolute Gasteiger partial charge is 0.369 e. The molecule has 17 heavy (non-hydrogen) atoms. The van der Waals surface area contributed by atoms with Crippen LogP contribution in [0.3, 0.4) is 0 Å². The van der Waals surface area contributed by atoms with Crippen LogP contribution in [0.4, 0.5) is 5.69 Å². The molecule has 2 rings (SSSR count). The van der Waals surface area contributed by atoms with Gasteiger partial charge < -0.3 is 4.90 Å². The summed E-state index contributed by atoms with van der Waals surface area (Å²) in [6, 6.07) is 6.62. The lowest BCUT2D eigenvalue weighted by Crippen LogP contribution is -2.26. The Balaban J connectivity index is 2.34. The van der Waals surface area contributed by atoms with Crippen LogP contribution in [0, 0.1) is 0 Å². The van der Waals surface area contributed by atoms with Crippen molar-refractivity contribution in [1.29, 1.82) is 0 Å². The molecule has 1 aliphatic rings. The first kappa shape index (κ1) is 12.6. The summed E-state index contributed by atoms with van der Waals surface area (Å²) in [6.07, 6.45) is 3.04. The minimum absolute atomic E-state index is 0.208. The molecule has 0 radical (unpaired) electrons. The smallest absolute Gasteiger partial charge is 0.162 e. The van der Waals surface area contributed by atoms with Crippen LogP contribution in [0.5, 0.6) is 0 Å². The first-order valence-corrected chi connectivity index (χ1v) is 7.01. The normalized spacial score (nSPS) is 19.7. The first-order chi connectivity index (χ1) is 8.11. The molecule has 0 bridgehead atoms. The molecule has 0 saturated carbocycles. The Morgan fingerprint density at radius 1 is 1.47 bits per heavy atom. The van der Waals surface area contributed by atoms with Crippen molar-refractivity contribution in [2.24, 2.45) is 0 Å². The standard InChI is InChI=1S/C14H18BrNO/c1-3-14(17)11-7-12(15)9-13(8-11)16-6-4-5-10(16)2/h7-10H,3-6H2,1-2H3/t10-/m1/s1. The number of nitrogens with zero attached hydrogens (tertiary/aromatic N) is 1. The molecule has 0 aromatic heterocycles. The lowest BCUT2D eigenvalue weighted by atomic mass is 10.1. The number of rotatable bonds is 3. The summed E-state index contributed by atoms with van der Waals surface area (Å²) in [7, 11) is 0. The molecule has 1 fully saturated rings. The number of ketones is 1. The molecule has 0 unspecified atom stereocenters. The molecule has 2 nitrogen and oxygen atoms in total. The number of carbonyl (C=O) groups is 1.